The van der Waals surface area contributed by atoms with Crippen LogP contribution in [0.4, 0.5) is 0 Å². The van der Waals surface area contributed by atoms with E-state index in [0.29, 0.717) is 28.8 Å². The van der Waals surface area contributed by atoms with Crippen molar-refractivity contribution in [1.29, 1.82) is 0 Å². The van der Waals surface area contributed by atoms with Crippen molar-refractivity contribution in [2.45, 2.75) is 58.0 Å². The van der Waals surface area contributed by atoms with Crippen LogP contribution in [0.3, 0.4) is 0 Å². The molecule has 31 heavy (non-hydrogen) atoms. The van der Waals surface area contributed by atoms with E-state index in [0.717, 1.165) is 17.5 Å². The standard InChI is InChI=1S/C24H30Cl2N2O2S/c1-4-17(3)27-24(30)22(5-2)28(14-18-10-7-6-8-11-18)23(29)16-31-15-19-20(25)12-9-13-21(19)26/h6-13,17,22H,4-5,14-16H2,1-3H3,(H,27,30)/t17-,22+/m1/s1. The fourth-order valence-corrected chi connectivity index (χ4v) is 4.78. The summed E-state index contributed by atoms with van der Waals surface area (Å²) >= 11 is 13.9. The number of nitrogens with one attached hydrogen (secondary N) is 1. The summed E-state index contributed by atoms with van der Waals surface area (Å²) in [5, 5.41) is 4.21. The first-order chi connectivity index (χ1) is 14.9. The van der Waals surface area contributed by atoms with Crippen LogP contribution in [-0.4, -0.2) is 34.6 Å². The van der Waals surface area contributed by atoms with Gasteiger partial charge in [-0.05, 0) is 43.0 Å². The predicted octanol–water partition coefficient (Wildman–Crippen LogP) is 5.95. The molecule has 7 heteroatoms. The van der Waals surface area contributed by atoms with E-state index >= 15 is 0 Å². The topological polar surface area (TPSA) is 49.4 Å². The first kappa shape index (κ1) is 25.6. The molecule has 0 bridgehead atoms. The highest BCUT2D eigenvalue weighted by Crippen LogP contribution is 2.28. The quantitative estimate of drug-likeness (QED) is 0.432. The lowest BCUT2D eigenvalue weighted by Gasteiger charge is -2.31. The highest BCUT2D eigenvalue weighted by molar-refractivity contribution is 7.99. The first-order valence-corrected chi connectivity index (χ1v) is 12.4. The minimum absolute atomic E-state index is 0.0620. The van der Waals surface area contributed by atoms with Gasteiger partial charge in [0.15, 0.2) is 0 Å². The maximum Gasteiger partial charge on any atom is 0.243 e. The average Bonchev–Trinajstić information content (AvgIpc) is 2.76. The van der Waals surface area contributed by atoms with Crippen molar-refractivity contribution in [3.05, 3.63) is 69.7 Å². The number of carbonyl (C=O) groups excluding carboxylic acids is 2. The molecule has 2 atom stereocenters. The number of amides is 2. The summed E-state index contributed by atoms with van der Waals surface area (Å²) in [6.07, 6.45) is 1.38. The van der Waals surface area contributed by atoms with Gasteiger partial charge in [0.05, 0.1) is 5.75 Å². The largest absolute Gasteiger partial charge is 0.352 e. The minimum Gasteiger partial charge on any atom is -0.352 e. The molecule has 0 heterocycles. The number of benzene rings is 2. The lowest BCUT2D eigenvalue weighted by Crippen LogP contribution is -2.51. The summed E-state index contributed by atoms with van der Waals surface area (Å²) < 4.78 is 0. The molecule has 0 aromatic heterocycles. The smallest absolute Gasteiger partial charge is 0.243 e. The van der Waals surface area contributed by atoms with Gasteiger partial charge in [0.2, 0.25) is 11.8 Å². The van der Waals surface area contributed by atoms with Crippen LogP contribution in [0.25, 0.3) is 0 Å². The van der Waals surface area contributed by atoms with Crippen LogP contribution in [-0.2, 0) is 21.9 Å². The summed E-state index contributed by atoms with van der Waals surface area (Å²) in [6.45, 7) is 6.31. The van der Waals surface area contributed by atoms with Crippen LogP contribution in [0.2, 0.25) is 10.0 Å². The molecule has 1 N–H and O–H groups in total. The minimum atomic E-state index is -0.522. The van der Waals surface area contributed by atoms with Gasteiger partial charge in [-0.15, -0.1) is 11.8 Å². The van der Waals surface area contributed by atoms with Crippen molar-refractivity contribution in [3.8, 4) is 0 Å². The van der Waals surface area contributed by atoms with Gasteiger partial charge in [0.1, 0.15) is 6.04 Å². The van der Waals surface area contributed by atoms with Crippen molar-refractivity contribution in [3.63, 3.8) is 0 Å². The molecule has 2 aromatic rings. The molecular weight excluding hydrogens is 451 g/mol. The number of rotatable bonds is 11. The van der Waals surface area contributed by atoms with Crippen LogP contribution in [0, 0.1) is 0 Å². The fraction of sp³-hybridized carbons (Fsp3) is 0.417. The number of hydrogen-bond donors (Lipinski definition) is 1. The number of nitrogens with zero attached hydrogens (tertiary/aromatic N) is 1. The molecule has 2 aromatic carbocycles. The molecule has 0 aliphatic heterocycles. The Morgan fingerprint density at radius 2 is 1.65 bits per heavy atom. The van der Waals surface area contributed by atoms with Crippen LogP contribution in [0.5, 0.6) is 0 Å². The van der Waals surface area contributed by atoms with Crippen LogP contribution in [0.1, 0.15) is 44.7 Å². The molecule has 0 unspecified atom stereocenters. The van der Waals surface area contributed by atoms with Gasteiger partial charge in [-0.3, -0.25) is 9.59 Å². The Morgan fingerprint density at radius 3 is 2.23 bits per heavy atom. The van der Waals surface area contributed by atoms with Gasteiger partial charge in [0.25, 0.3) is 0 Å². The number of halogens is 2. The lowest BCUT2D eigenvalue weighted by molar-refractivity contribution is -0.139. The monoisotopic (exact) mass is 480 g/mol. The molecule has 4 nitrogen and oxygen atoms in total. The summed E-state index contributed by atoms with van der Waals surface area (Å²) in [5.74, 6) is 0.573. The normalized spacial score (nSPS) is 12.8. The van der Waals surface area contributed by atoms with E-state index in [9.17, 15) is 9.59 Å². The van der Waals surface area contributed by atoms with Crippen LogP contribution < -0.4 is 5.32 Å². The van der Waals surface area contributed by atoms with E-state index < -0.39 is 6.04 Å². The van der Waals surface area contributed by atoms with Crippen molar-refractivity contribution in [2.24, 2.45) is 0 Å². The van der Waals surface area contributed by atoms with Crippen LogP contribution in [0.15, 0.2) is 48.5 Å². The average molecular weight is 481 g/mol. The van der Waals surface area contributed by atoms with Crippen molar-refractivity contribution in [2.75, 3.05) is 5.75 Å². The molecule has 0 saturated heterocycles. The molecule has 0 radical (unpaired) electrons. The summed E-state index contributed by atoms with van der Waals surface area (Å²) in [7, 11) is 0. The highest BCUT2D eigenvalue weighted by atomic mass is 35.5. The number of carbonyl (C=O) groups is 2. The van der Waals surface area contributed by atoms with E-state index in [1.165, 1.54) is 11.8 Å². The Kier molecular flexibility index (Phi) is 10.7. The summed E-state index contributed by atoms with van der Waals surface area (Å²) in [4.78, 5) is 27.8. The van der Waals surface area contributed by atoms with Gasteiger partial charge in [-0.2, -0.15) is 0 Å². The molecule has 2 amide bonds. The Hall–Kier alpha value is -1.69. The second kappa shape index (κ2) is 13.0. The van der Waals surface area contributed by atoms with Crippen LogP contribution >= 0.6 is 35.0 Å². The lowest BCUT2D eigenvalue weighted by atomic mass is 10.1. The maximum atomic E-state index is 13.2. The fourth-order valence-electron chi connectivity index (χ4n) is 3.13. The molecule has 0 aliphatic rings. The third kappa shape index (κ3) is 7.74. The highest BCUT2D eigenvalue weighted by Gasteiger charge is 2.29. The maximum absolute atomic E-state index is 13.2. The first-order valence-electron chi connectivity index (χ1n) is 10.5. The van der Waals surface area contributed by atoms with E-state index in [1.54, 1.807) is 23.1 Å². The summed E-state index contributed by atoms with van der Waals surface area (Å²) in [6, 6.07) is 14.7. The van der Waals surface area contributed by atoms with Crippen molar-refractivity contribution in [1.82, 2.24) is 10.2 Å². The summed E-state index contributed by atoms with van der Waals surface area (Å²) in [5.41, 5.74) is 1.81. The zero-order valence-electron chi connectivity index (χ0n) is 18.2. The van der Waals surface area contributed by atoms with Gasteiger partial charge in [-0.25, -0.2) is 0 Å². The second-order valence-corrected chi connectivity index (χ2v) is 9.24. The zero-order chi connectivity index (χ0) is 22.8. The van der Waals surface area contributed by atoms with E-state index in [-0.39, 0.29) is 23.6 Å². The SMILES string of the molecule is CC[C@@H](C)NC(=O)[C@H](CC)N(Cc1ccccc1)C(=O)CSCc1c(Cl)cccc1Cl. The number of thioether (sulfide) groups is 1. The molecule has 2 rings (SSSR count). The predicted molar refractivity (Wildman–Crippen MR) is 132 cm³/mol. The Bertz CT molecular complexity index is 844. The Morgan fingerprint density at radius 1 is 1.00 bits per heavy atom. The third-order valence-corrected chi connectivity index (χ3v) is 6.77. The Labute approximate surface area is 199 Å². The second-order valence-electron chi connectivity index (χ2n) is 7.44. The Balaban J connectivity index is 2.14. The van der Waals surface area contributed by atoms with Gasteiger partial charge in [0, 0.05) is 28.4 Å². The molecular formula is C24H30Cl2N2O2S. The molecule has 168 valence electrons. The third-order valence-electron chi connectivity index (χ3n) is 5.12. The van der Waals surface area contributed by atoms with Gasteiger partial charge >= 0.3 is 0 Å². The zero-order valence-corrected chi connectivity index (χ0v) is 20.6. The number of hydrogen-bond acceptors (Lipinski definition) is 3. The van der Waals surface area contributed by atoms with Gasteiger partial charge in [-0.1, -0.05) is 73.4 Å². The van der Waals surface area contributed by atoms with E-state index in [2.05, 4.69) is 5.32 Å². The molecule has 0 fully saturated rings. The van der Waals surface area contributed by atoms with Crippen molar-refractivity contribution < 1.29 is 9.59 Å². The molecule has 0 aliphatic carbocycles. The van der Waals surface area contributed by atoms with Crippen molar-refractivity contribution >= 4 is 46.8 Å². The van der Waals surface area contributed by atoms with E-state index in [1.807, 2.05) is 51.1 Å². The molecule has 0 saturated carbocycles. The molecule has 0 spiro atoms. The van der Waals surface area contributed by atoms with E-state index in [4.69, 9.17) is 23.2 Å². The van der Waals surface area contributed by atoms with Gasteiger partial charge < -0.3 is 10.2 Å².